The number of halogens is 1. The van der Waals surface area contributed by atoms with Gasteiger partial charge in [0.05, 0.1) is 5.92 Å². The van der Waals surface area contributed by atoms with Gasteiger partial charge in [-0.1, -0.05) is 37.6 Å². The van der Waals surface area contributed by atoms with Gasteiger partial charge in [0.2, 0.25) is 0 Å². The van der Waals surface area contributed by atoms with Crippen molar-refractivity contribution < 1.29 is 14.7 Å². The standard InChI is InChI=1S/C16H21ClN2O3/c1-16(2,12-3-5-13(17)6-4-12)10-18-15(22)19-8-7-11(9-19)14(20)21/h3-6,11H,7-10H2,1-2H3,(H,18,22)(H,20,21). The van der Waals surface area contributed by atoms with E-state index < -0.39 is 11.9 Å². The number of carbonyl (C=O) groups is 2. The van der Waals surface area contributed by atoms with E-state index in [9.17, 15) is 9.59 Å². The van der Waals surface area contributed by atoms with Crippen LogP contribution in [0.5, 0.6) is 0 Å². The van der Waals surface area contributed by atoms with Crippen molar-refractivity contribution >= 4 is 23.6 Å². The first-order chi connectivity index (χ1) is 10.3. The maximum absolute atomic E-state index is 12.1. The predicted molar refractivity (Wildman–Crippen MR) is 85.2 cm³/mol. The van der Waals surface area contributed by atoms with Gasteiger partial charge in [-0.2, -0.15) is 0 Å². The van der Waals surface area contributed by atoms with Crippen molar-refractivity contribution in [2.24, 2.45) is 5.92 Å². The van der Waals surface area contributed by atoms with E-state index in [-0.39, 0.29) is 18.0 Å². The molecule has 120 valence electrons. The van der Waals surface area contributed by atoms with Crippen LogP contribution in [0, 0.1) is 5.92 Å². The topological polar surface area (TPSA) is 69.6 Å². The largest absolute Gasteiger partial charge is 0.481 e. The molecule has 1 atom stereocenters. The van der Waals surface area contributed by atoms with Gasteiger partial charge in [0.25, 0.3) is 0 Å². The predicted octanol–water partition coefficient (Wildman–Crippen LogP) is 2.73. The number of hydrogen-bond donors (Lipinski definition) is 2. The Bertz CT molecular complexity index is 557. The van der Waals surface area contributed by atoms with Crippen LogP contribution in [-0.4, -0.2) is 41.6 Å². The van der Waals surface area contributed by atoms with Gasteiger partial charge in [0, 0.05) is 30.1 Å². The highest BCUT2D eigenvalue weighted by atomic mass is 35.5. The summed E-state index contributed by atoms with van der Waals surface area (Å²) in [4.78, 5) is 24.6. The summed E-state index contributed by atoms with van der Waals surface area (Å²) >= 11 is 5.89. The number of amides is 2. The molecule has 0 aliphatic carbocycles. The third-order valence-electron chi connectivity index (χ3n) is 4.13. The number of carbonyl (C=O) groups excluding carboxylic acids is 1. The molecular formula is C16H21ClN2O3. The fourth-order valence-electron chi connectivity index (χ4n) is 2.56. The van der Waals surface area contributed by atoms with Crippen LogP contribution in [0.4, 0.5) is 4.79 Å². The minimum atomic E-state index is -0.836. The summed E-state index contributed by atoms with van der Waals surface area (Å²) in [6, 6.07) is 7.36. The van der Waals surface area contributed by atoms with Crippen molar-refractivity contribution in [1.29, 1.82) is 0 Å². The lowest BCUT2D eigenvalue weighted by Gasteiger charge is -2.27. The minimum absolute atomic E-state index is 0.203. The van der Waals surface area contributed by atoms with Gasteiger partial charge >= 0.3 is 12.0 Å². The summed E-state index contributed by atoms with van der Waals surface area (Å²) in [5.74, 6) is -1.29. The molecule has 1 heterocycles. The molecule has 22 heavy (non-hydrogen) atoms. The van der Waals surface area contributed by atoms with Crippen LogP contribution in [0.2, 0.25) is 5.02 Å². The van der Waals surface area contributed by atoms with Crippen LogP contribution >= 0.6 is 11.6 Å². The molecule has 5 nitrogen and oxygen atoms in total. The Labute approximate surface area is 135 Å². The van der Waals surface area contributed by atoms with Gasteiger partial charge in [0.15, 0.2) is 0 Å². The summed E-state index contributed by atoms with van der Waals surface area (Å²) in [5, 5.41) is 12.6. The summed E-state index contributed by atoms with van der Waals surface area (Å²) in [6.45, 7) is 5.33. The molecule has 2 rings (SSSR count). The molecule has 0 bridgehead atoms. The first-order valence-corrected chi connectivity index (χ1v) is 7.69. The Morgan fingerprint density at radius 2 is 2.00 bits per heavy atom. The van der Waals surface area contributed by atoms with Gasteiger partial charge in [-0.25, -0.2) is 4.79 Å². The summed E-state index contributed by atoms with van der Waals surface area (Å²) in [6.07, 6.45) is 0.517. The molecule has 0 saturated carbocycles. The van der Waals surface area contributed by atoms with Gasteiger partial charge in [0.1, 0.15) is 0 Å². The average molecular weight is 325 g/mol. The zero-order valence-electron chi connectivity index (χ0n) is 12.8. The lowest BCUT2D eigenvalue weighted by Crippen LogP contribution is -2.44. The molecule has 2 N–H and O–H groups in total. The number of nitrogens with zero attached hydrogens (tertiary/aromatic N) is 1. The SMILES string of the molecule is CC(C)(CNC(=O)N1CCC(C(=O)O)C1)c1ccc(Cl)cc1. The molecule has 1 aliphatic rings. The second-order valence-corrected chi connectivity index (χ2v) is 6.76. The number of benzene rings is 1. The smallest absolute Gasteiger partial charge is 0.317 e. The van der Waals surface area contributed by atoms with E-state index in [2.05, 4.69) is 5.32 Å². The van der Waals surface area contributed by atoms with Crippen LogP contribution in [0.15, 0.2) is 24.3 Å². The van der Waals surface area contributed by atoms with Crippen LogP contribution in [-0.2, 0) is 10.2 Å². The molecule has 6 heteroatoms. The summed E-state index contributed by atoms with van der Waals surface area (Å²) in [5.41, 5.74) is 0.855. The molecule has 2 amide bonds. The second kappa shape index (κ2) is 6.57. The second-order valence-electron chi connectivity index (χ2n) is 6.32. The Hall–Kier alpha value is -1.75. The third-order valence-corrected chi connectivity index (χ3v) is 4.38. The number of carboxylic acid groups (broad SMARTS) is 1. The molecule has 1 aliphatic heterocycles. The minimum Gasteiger partial charge on any atom is -0.481 e. The maximum atomic E-state index is 12.1. The zero-order valence-corrected chi connectivity index (χ0v) is 13.6. The molecule has 1 saturated heterocycles. The molecule has 0 spiro atoms. The fraction of sp³-hybridized carbons (Fsp3) is 0.500. The lowest BCUT2D eigenvalue weighted by atomic mass is 9.85. The zero-order chi connectivity index (χ0) is 16.3. The van der Waals surface area contributed by atoms with Crippen LogP contribution in [0.25, 0.3) is 0 Å². The quantitative estimate of drug-likeness (QED) is 0.894. The summed E-state index contributed by atoms with van der Waals surface area (Å²) in [7, 11) is 0. The molecule has 1 aromatic rings. The average Bonchev–Trinajstić information content (AvgIpc) is 2.95. The van der Waals surface area contributed by atoms with Gasteiger partial charge in [-0.15, -0.1) is 0 Å². The number of likely N-dealkylation sites (tertiary alicyclic amines) is 1. The fourth-order valence-corrected chi connectivity index (χ4v) is 2.68. The Balaban J connectivity index is 1.90. The van der Waals surface area contributed by atoms with Crippen molar-refractivity contribution in [2.45, 2.75) is 25.7 Å². The van der Waals surface area contributed by atoms with Crippen LogP contribution < -0.4 is 5.32 Å². The molecule has 1 unspecified atom stereocenters. The highest BCUT2D eigenvalue weighted by molar-refractivity contribution is 6.30. The number of aliphatic carboxylic acids is 1. The number of carboxylic acids is 1. The Morgan fingerprint density at radius 1 is 1.36 bits per heavy atom. The van der Waals surface area contributed by atoms with Gasteiger partial charge < -0.3 is 15.3 Å². The van der Waals surface area contributed by atoms with E-state index in [1.807, 2.05) is 38.1 Å². The molecular weight excluding hydrogens is 304 g/mol. The van der Waals surface area contributed by atoms with Crippen LogP contribution in [0.3, 0.4) is 0 Å². The lowest BCUT2D eigenvalue weighted by molar-refractivity contribution is -0.141. The molecule has 0 aromatic heterocycles. The highest BCUT2D eigenvalue weighted by Crippen LogP contribution is 2.24. The molecule has 1 fully saturated rings. The van der Waals surface area contributed by atoms with Gasteiger partial charge in [-0.3, -0.25) is 4.79 Å². The normalized spacial score (nSPS) is 18.3. The van der Waals surface area contributed by atoms with Crippen molar-refractivity contribution in [3.8, 4) is 0 Å². The molecule has 0 radical (unpaired) electrons. The Kier molecular flexibility index (Phi) is 4.96. The molecule has 1 aromatic carbocycles. The first kappa shape index (κ1) is 16.6. The van der Waals surface area contributed by atoms with E-state index in [0.29, 0.717) is 24.5 Å². The van der Waals surface area contributed by atoms with E-state index in [1.165, 1.54) is 0 Å². The van der Waals surface area contributed by atoms with Gasteiger partial charge in [-0.05, 0) is 24.1 Å². The van der Waals surface area contributed by atoms with E-state index in [1.54, 1.807) is 4.90 Å². The first-order valence-electron chi connectivity index (χ1n) is 7.31. The Morgan fingerprint density at radius 3 is 2.55 bits per heavy atom. The van der Waals surface area contributed by atoms with Crippen LogP contribution in [0.1, 0.15) is 25.8 Å². The monoisotopic (exact) mass is 324 g/mol. The third kappa shape index (κ3) is 3.91. The maximum Gasteiger partial charge on any atom is 0.317 e. The van der Waals surface area contributed by atoms with Crippen molar-refractivity contribution in [3.05, 3.63) is 34.9 Å². The summed E-state index contributed by atoms with van der Waals surface area (Å²) < 4.78 is 0. The number of nitrogens with one attached hydrogen (secondary N) is 1. The van der Waals surface area contributed by atoms with Crippen molar-refractivity contribution in [1.82, 2.24) is 10.2 Å². The number of urea groups is 1. The van der Waals surface area contributed by atoms with E-state index >= 15 is 0 Å². The van der Waals surface area contributed by atoms with E-state index in [4.69, 9.17) is 16.7 Å². The van der Waals surface area contributed by atoms with Crippen molar-refractivity contribution in [3.63, 3.8) is 0 Å². The van der Waals surface area contributed by atoms with Crippen molar-refractivity contribution in [2.75, 3.05) is 19.6 Å². The highest BCUT2D eigenvalue weighted by Gasteiger charge is 2.31. The number of rotatable bonds is 4. The number of hydrogen-bond acceptors (Lipinski definition) is 2. The van der Waals surface area contributed by atoms with E-state index in [0.717, 1.165) is 5.56 Å².